The molecule has 5 heteroatoms. The summed E-state index contributed by atoms with van der Waals surface area (Å²) in [5, 5.41) is 19.9. The van der Waals surface area contributed by atoms with Crippen LogP contribution in [0.15, 0.2) is 60.7 Å². The fourth-order valence-electron chi connectivity index (χ4n) is 2.27. The van der Waals surface area contributed by atoms with E-state index in [1.807, 2.05) is 60.7 Å². The summed E-state index contributed by atoms with van der Waals surface area (Å²) in [7, 11) is 0. The molecular formula is C20H26O5. The highest BCUT2D eigenvalue weighted by molar-refractivity contribution is 5.17. The molecular weight excluding hydrogens is 320 g/mol. The third kappa shape index (κ3) is 7.77. The van der Waals surface area contributed by atoms with Crippen molar-refractivity contribution >= 4 is 0 Å². The second-order valence-electron chi connectivity index (χ2n) is 5.62. The molecule has 0 radical (unpaired) electrons. The number of ether oxygens (including phenoxy) is 3. The maximum absolute atomic E-state index is 9.93. The van der Waals surface area contributed by atoms with Crippen molar-refractivity contribution in [1.82, 2.24) is 0 Å². The van der Waals surface area contributed by atoms with Gasteiger partial charge in [0.2, 0.25) is 0 Å². The third-order valence-electron chi connectivity index (χ3n) is 3.66. The quantitative estimate of drug-likeness (QED) is 0.578. The maximum Gasteiger partial charge on any atom is 0.102 e. The summed E-state index contributed by atoms with van der Waals surface area (Å²) >= 11 is 0. The molecule has 0 aliphatic heterocycles. The second-order valence-corrected chi connectivity index (χ2v) is 5.62. The second kappa shape index (κ2) is 11.7. The zero-order chi connectivity index (χ0) is 17.7. The lowest BCUT2D eigenvalue weighted by Gasteiger charge is -2.13. The molecule has 0 saturated heterocycles. The summed E-state index contributed by atoms with van der Waals surface area (Å²) in [4.78, 5) is 0. The first kappa shape index (κ1) is 19.6. The van der Waals surface area contributed by atoms with Gasteiger partial charge < -0.3 is 24.4 Å². The van der Waals surface area contributed by atoms with Gasteiger partial charge in [-0.05, 0) is 11.1 Å². The van der Waals surface area contributed by atoms with E-state index in [9.17, 15) is 10.2 Å². The Labute approximate surface area is 148 Å². The SMILES string of the molecule is OC(COCCOCCOCC(O)c1ccccc1)c1ccccc1. The van der Waals surface area contributed by atoms with Gasteiger partial charge in [-0.15, -0.1) is 0 Å². The molecule has 0 amide bonds. The van der Waals surface area contributed by atoms with Gasteiger partial charge in [-0.1, -0.05) is 60.7 Å². The molecule has 2 atom stereocenters. The highest BCUT2D eigenvalue weighted by atomic mass is 16.5. The Bertz CT molecular complexity index is 509. The molecule has 2 rings (SSSR count). The van der Waals surface area contributed by atoms with E-state index in [-0.39, 0.29) is 13.2 Å². The normalized spacial score (nSPS) is 13.5. The van der Waals surface area contributed by atoms with Crippen molar-refractivity contribution in [3.63, 3.8) is 0 Å². The minimum Gasteiger partial charge on any atom is -0.386 e. The molecule has 0 aliphatic carbocycles. The van der Waals surface area contributed by atoms with E-state index < -0.39 is 12.2 Å². The summed E-state index contributed by atoms with van der Waals surface area (Å²) < 4.78 is 16.2. The van der Waals surface area contributed by atoms with Gasteiger partial charge in [-0.25, -0.2) is 0 Å². The number of benzene rings is 2. The monoisotopic (exact) mass is 346 g/mol. The predicted octanol–water partition coefficient (Wildman–Crippen LogP) is 2.50. The van der Waals surface area contributed by atoms with Crippen LogP contribution in [0.3, 0.4) is 0 Å². The zero-order valence-corrected chi connectivity index (χ0v) is 14.3. The summed E-state index contributed by atoms with van der Waals surface area (Å²) in [6.45, 7) is 2.19. The Morgan fingerprint density at radius 3 is 1.32 bits per heavy atom. The maximum atomic E-state index is 9.93. The minimum atomic E-state index is -0.621. The molecule has 0 fully saturated rings. The molecule has 0 aliphatic rings. The molecule has 0 heterocycles. The third-order valence-corrected chi connectivity index (χ3v) is 3.66. The van der Waals surface area contributed by atoms with Crippen LogP contribution in [0.25, 0.3) is 0 Å². The van der Waals surface area contributed by atoms with Gasteiger partial charge in [0.05, 0.1) is 39.6 Å². The summed E-state index contributed by atoms with van der Waals surface area (Å²) in [5.74, 6) is 0. The lowest BCUT2D eigenvalue weighted by atomic mass is 10.1. The van der Waals surface area contributed by atoms with Crippen LogP contribution in [0.4, 0.5) is 0 Å². The van der Waals surface area contributed by atoms with Crippen LogP contribution in [0, 0.1) is 0 Å². The lowest BCUT2D eigenvalue weighted by molar-refractivity contribution is -0.0222. The van der Waals surface area contributed by atoms with E-state index in [0.717, 1.165) is 11.1 Å². The number of hydrogen-bond donors (Lipinski definition) is 2. The average Bonchev–Trinajstić information content (AvgIpc) is 2.67. The van der Waals surface area contributed by atoms with Gasteiger partial charge in [-0.2, -0.15) is 0 Å². The molecule has 5 nitrogen and oxygen atoms in total. The molecule has 0 bridgehead atoms. The van der Waals surface area contributed by atoms with E-state index in [0.29, 0.717) is 26.4 Å². The molecule has 2 unspecified atom stereocenters. The van der Waals surface area contributed by atoms with Crippen LogP contribution >= 0.6 is 0 Å². The van der Waals surface area contributed by atoms with Gasteiger partial charge >= 0.3 is 0 Å². The fraction of sp³-hybridized carbons (Fsp3) is 0.400. The van der Waals surface area contributed by atoms with Crippen LogP contribution in [-0.4, -0.2) is 49.9 Å². The molecule has 2 aromatic rings. The number of rotatable bonds is 12. The molecule has 0 aromatic heterocycles. The van der Waals surface area contributed by atoms with Gasteiger partial charge in [-0.3, -0.25) is 0 Å². The van der Waals surface area contributed by atoms with Crippen molar-refractivity contribution in [2.45, 2.75) is 12.2 Å². The van der Waals surface area contributed by atoms with Gasteiger partial charge in [0.25, 0.3) is 0 Å². The molecule has 25 heavy (non-hydrogen) atoms. The number of aliphatic hydroxyl groups excluding tert-OH is 2. The fourth-order valence-corrected chi connectivity index (χ4v) is 2.27. The Balaban J connectivity index is 1.43. The van der Waals surface area contributed by atoms with Crippen molar-refractivity contribution in [2.75, 3.05) is 39.6 Å². The van der Waals surface area contributed by atoms with Crippen molar-refractivity contribution in [1.29, 1.82) is 0 Å². The van der Waals surface area contributed by atoms with Crippen molar-refractivity contribution in [3.8, 4) is 0 Å². The van der Waals surface area contributed by atoms with E-state index in [4.69, 9.17) is 14.2 Å². The molecule has 2 aromatic carbocycles. The van der Waals surface area contributed by atoms with Crippen LogP contribution < -0.4 is 0 Å². The van der Waals surface area contributed by atoms with Crippen LogP contribution in [-0.2, 0) is 14.2 Å². The zero-order valence-electron chi connectivity index (χ0n) is 14.3. The van der Waals surface area contributed by atoms with E-state index in [1.54, 1.807) is 0 Å². The Morgan fingerprint density at radius 1 is 0.560 bits per heavy atom. The first-order valence-electron chi connectivity index (χ1n) is 8.46. The lowest BCUT2D eigenvalue weighted by Crippen LogP contribution is -2.14. The summed E-state index contributed by atoms with van der Waals surface area (Å²) in [6.07, 6.45) is -1.24. The van der Waals surface area contributed by atoms with Crippen molar-refractivity contribution in [2.24, 2.45) is 0 Å². The van der Waals surface area contributed by atoms with Crippen molar-refractivity contribution in [3.05, 3.63) is 71.8 Å². The predicted molar refractivity (Wildman–Crippen MR) is 95.3 cm³/mol. The summed E-state index contributed by atoms with van der Waals surface area (Å²) in [6, 6.07) is 18.8. The van der Waals surface area contributed by atoms with Gasteiger partial charge in [0, 0.05) is 0 Å². The Kier molecular flexibility index (Phi) is 9.18. The number of aliphatic hydroxyl groups is 2. The van der Waals surface area contributed by atoms with Crippen LogP contribution in [0.2, 0.25) is 0 Å². The standard InChI is InChI=1S/C20H26O5/c21-19(17-7-3-1-4-8-17)15-24-13-11-23-12-14-25-16-20(22)18-9-5-2-6-10-18/h1-10,19-22H,11-16H2. The largest absolute Gasteiger partial charge is 0.386 e. The van der Waals surface area contributed by atoms with E-state index in [2.05, 4.69) is 0 Å². The number of hydrogen-bond acceptors (Lipinski definition) is 5. The highest BCUT2D eigenvalue weighted by Crippen LogP contribution is 2.12. The van der Waals surface area contributed by atoms with Crippen molar-refractivity contribution < 1.29 is 24.4 Å². The first-order chi connectivity index (χ1) is 12.3. The van der Waals surface area contributed by atoms with Gasteiger partial charge in [0.15, 0.2) is 0 Å². The minimum absolute atomic E-state index is 0.243. The van der Waals surface area contributed by atoms with E-state index in [1.165, 1.54) is 0 Å². The molecule has 0 saturated carbocycles. The summed E-state index contributed by atoms with van der Waals surface area (Å²) in [5.41, 5.74) is 1.68. The Hall–Kier alpha value is -1.76. The Morgan fingerprint density at radius 2 is 0.920 bits per heavy atom. The van der Waals surface area contributed by atoms with E-state index >= 15 is 0 Å². The molecule has 2 N–H and O–H groups in total. The van der Waals surface area contributed by atoms with Crippen LogP contribution in [0.5, 0.6) is 0 Å². The van der Waals surface area contributed by atoms with Gasteiger partial charge in [0.1, 0.15) is 12.2 Å². The molecule has 0 spiro atoms. The molecule has 136 valence electrons. The topological polar surface area (TPSA) is 68.2 Å². The first-order valence-corrected chi connectivity index (χ1v) is 8.46. The van der Waals surface area contributed by atoms with Crippen LogP contribution in [0.1, 0.15) is 23.3 Å². The highest BCUT2D eigenvalue weighted by Gasteiger charge is 2.07. The average molecular weight is 346 g/mol. The smallest absolute Gasteiger partial charge is 0.102 e.